The lowest BCUT2D eigenvalue weighted by atomic mass is 9.88. The van der Waals surface area contributed by atoms with Crippen LogP contribution in [0.15, 0.2) is 24.3 Å². The number of halogens is 1. The predicted octanol–water partition coefficient (Wildman–Crippen LogP) is 3.65. The van der Waals surface area contributed by atoms with Crippen LogP contribution in [-0.2, 0) is 6.42 Å². The van der Waals surface area contributed by atoms with E-state index in [0.29, 0.717) is 0 Å². The Morgan fingerprint density at radius 2 is 2.12 bits per heavy atom. The SMILES string of the molecule is CCCc1cccc(C(F)C2CCNCC2)c1. The molecule has 2 rings (SSSR count). The highest BCUT2D eigenvalue weighted by molar-refractivity contribution is 5.26. The van der Waals surface area contributed by atoms with E-state index in [1.807, 2.05) is 12.1 Å². The summed E-state index contributed by atoms with van der Waals surface area (Å²) in [5.41, 5.74) is 2.14. The number of benzene rings is 1. The lowest BCUT2D eigenvalue weighted by Gasteiger charge is -2.26. The molecular formula is C15H22FN. The molecule has 0 amide bonds. The monoisotopic (exact) mass is 235 g/mol. The molecule has 1 saturated heterocycles. The Morgan fingerprint density at radius 1 is 1.35 bits per heavy atom. The van der Waals surface area contributed by atoms with Gasteiger partial charge in [-0.2, -0.15) is 0 Å². The lowest BCUT2D eigenvalue weighted by molar-refractivity contribution is 0.190. The molecule has 0 aliphatic carbocycles. The summed E-state index contributed by atoms with van der Waals surface area (Å²) in [5, 5.41) is 3.29. The maximum Gasteiger partial charge on any atom is 0.128 e. The number of hydrogen-bond donors (Lipinski definition) is 1. The molecule has 0 bridgehead atoms. The van der Waals surface area contributed by atoms with Gasteiger partial charge in [0.25, 0.3) is 0 Å². The smallest absolute Gasteiger partial charge is 0.128 e. The Morgan fingerprint density at radius 3 is 2.82 bits per heavy atom. The van der Waals surface area contributed by atoms with E-state index in [-0.39, 0.29) is 5.92 Å². The molecule has 1 aliphatic heterocycles. The molecular weight excluding hydrogens is 213 g/mol. The number of hydrogen-bond acceptors (Lipinski definition) is 1. The van der Waals surface area contributed by atoms with Gasteiger partial charge in [0.1, 0.15) is 6.17 Å². The van der Waals surface area contributed by atoms with Gasteiger partial charge in [-0.15, -0.1) is 0 Å². The Labute approximate surface area is 103 Å². The van der Waals surface area contributed by atoms with Gasteiger partial charge in [0.15, 0.2) is 0 Å². The van der Waals surface area contributed by atoms with E-state index in [2.05, 4.69) is 24.4 Å². The van der Waals surface area contributed by atoms with Crippen LogP contribution in [0.25, 0.3) is 0 Å². The molecule has 1 fully saturated rings. The van der Waals surface area contributed by atoms with Crippen molar-refractivity contribution < 1.29 is 4.39 Å². The average molecular weight is 235 g/mol. The maximum atomic E-state index is 14.4. The molecule has 1 aliphatic rings. The fourth-order valence-corrected chi connectivity index (χ4v) is 2.62. The second-order valence-corrected chi connectivity index (χ2v) is 4.98. The van der Waals surface area contributed by atoms with Gasteiger partial charge >= 0.3 is 0 Å². The molecule has 94 valence electrons. The fourth-order valence-electron chi connectivity index (χ4n) is 2.62. The second kappa shape index (κ2) is 6.15. The molecule has 2 heteroatoms. The largest absolute Gasteiger partial charge is 0.317 e. The third kappa shape index (κ3) is 3.29. The topological polar surface area (TPSA) is 12.0 Å². The van der Waals surface area contributed by atoms with E-state index in [4.69, 9.17) is 0 Å². The zero-order valence-electron chi connectivity index (χ0n) is 10.6. The lowest BCUT2D eigenvalue weighted by Crippen LogP contribution is -2.29. The summed E-state index contributed by atoms with van der Waals surface area (Å²) in [5.74, 6) is 0.202. The van der Waals surface area contributed by atoms with Crippen LogP contribution in [0.5, 0.6) is 0 Å². The third-order valence-electron chi connectivity index (χ3n) is 3.61. The summed E-state index contributed by atoms with van der Waals surface area (Å²) < 4.78 is 14.4. The number of rotatable bonds is 4. The van der Waals surface area contributed by atoms with Crippen molar-refractivity contribution in [2.75, 3.05) is 13.1 Å². The van der Waals surface area contributed by atoms with Crippen LogP contribution in [0.2, 0.25) is 0 Å². The minimum atomic E-state index is -0.783. The summed E-state index contributed by atoms with van der Waals surface area (Å²) in [7, 11) is 0. The number of nitrogens with one attached hydrogen (secondary N) is 1. The van der Waals surface area contributed by atoms with E-state index >= 15 is 0 Å². The molecule has 1 aromatic carbocycles. The van der Waals surface area contributed by atoms with E-state index < -0.39 is 6.17 Å². The van der Waals surface area contributed by atoms with Crippen LogP contribution < -0.4 is 5.32 Å². The van der Waals surface area contributed by atoms with Crippen molar-refractivity contribution in [3.63, 3.8) is 0 Å². The summed E-state index contributed by atoms with van der Waals surface area (Å²) in [6, 6.07) is 8.08. The highest BCUT2D eigenvalue weighted by Crippen LogP contribution is 2.32. The number of piperidine rings is 1. The van der Waals surface area contributed by atoms with Crippen molar-refractivity contribution >= 4 is 0 Å². The minimum absolute atomic E-state index is 0.202. The zero-order chi connectivity index (χ0) is 12.1. The number of aryl methyl sites for hydroxylation is 1. The standard InChI is InChI=1S/C15H22FN/c1-2-4-12-5-3-6-14(11-12)15(16)13-7-9-17-10-8-13/h3,5-6,11,13,15,17H,2,4,7-10H2,1H3. The van der Waals surface area contributed by atoms with Crippen molar-refractivity contribution in [1.82, 2.24) is 5.32 Å². The molecule has 1 N–H and O–H groups in total. The first kappa shape index (κ1) is 12.6. The van der Waals surface area contributed by atoms with Crippen molar-refractivity contribution in [2.45, 2.75) is 38.8 Å². The van der Waals surface area contributed by atoms with Crippen LogP contribution in [0.3, 0.4) is 0 Å². The molecule has 1 aromatic rings. The van der Waals surface area contributed by atoms with Crippen molar-refractivity contribution in [2.24, 2.45) is 5.92 Å². The van der Waals surface area contributed by atoms with Gasteiger partial charge in [-0.05, 0) is 49.4 Å². The van der Waals surface area contributed by atoms with E-state index in [0.717, 1.165) is 44.3 Å². The molecule has 1 nitrogen and oxygen atoms in total. The van der Waals surface area contributed by atoms with Crippen molar-refractivity contribution in [3.8, 4) is 0 Å². The van der Waals surface area contributed by atoms with Gasteiger partial charge in [0.2, 0.25) is 0 Å². The maximum absolute atomic E-state index is 14.4. The van der Waals surface area contributed by atoms with Gasteiger partial charge in [-0.1, -0.05) is 37.6 Å². The molecule has 1 heterocycles. The van der Waals surface area contributed by atoms with Gasteiger partial charge in [0.05, 0.1) is 0 Å². The Balaban J connectivity index is 2.06. The normalized spacial score (nSPS) is 19.2. The van der Waals surface area contributed by atoms with Gasteiger partial charge in [-0.3, -0.25) is 0 Å². The molecule has 0 radical (unpaired) electrons. The summed E-state index contributed by atoms with van der Waals surface area (Å²) in [6.45, 7) is 4.08. The van der Waals surface area contributed by atoms with Crippen LogP contribution in [0.1, 0.15) is 43.5 Å². The summed E-state index contributed by atoms with van der Waals surface area (Å²) in [6.07, 6.45) is 3.30. The third-order valence-corrected chi connectivity index (χ3v) is 3.61. The first-order valence-corrected chi connectivity index (χ1v) is 6.75. The Kier molecular flexibility index (Phi) is 4.55. The van der Waals surface area contributed by atoms with Gasteiger partial charge in [-0.25, -0.2) is 4.39 Å². The van der Waals surface area contributed by atoms with Gasteiger partial charge < -0.3 is 5.32 Å². The van der Waals surface area contributed by atoms with E-state index in [1.165, 1.54) is 5.56 Å². The van der Waals surface area contributed by atoms with Gasteiger partial charge in [0, 0.05) is 0 Å². The summed E-state index contributed by atoms with van der Waals surface area (Å²) >= 11 is 0. The van der Waals surface area contributed by atoms with Crippen molar-refractivity contribution in [1.29, 1.82) is 0 Å². The van der Waals surface area contributed by atoms with Crippen LogP contribution >= 0.6 is 0 Å². The first-order valence-electron chi connectivity index (χ1n) is 6.75. The minimum Gasteiger partial charge on any atom is -0.317 e. The van der Waals surface area contributed by atoms with E-state index in [1.54, 1.807) is 0 Å². The zero-order valence-corrected chi connectivity index (χ0v) is 10.6. The predicted molar refractivity (Wildman–Crippen MR) is 69.9 cm³/mol. The number of alkyl halides is 1. The Bertz CT molecular complexity index is 345. The second-order valence-electron chi connectivity index (χ2n) is 4.98. The fraction of sp³-hybridized carbons (Fsp3) is 0.600. The molecule has 0 spiro atoms. The molecule has 0 aromatic heterocycles. The highest BCUT2D eigenvalue weighted by atomic mass is 19.1. The van der Waals surface area contributed by atoms with Crippen LogP contribution in [-0.4, -0.2) is 13.1 Å². The first-order chi connectivity index (χ1) is 8.31. The summed E-state index contributed by atoms with van der Waals surface area (Å²) in [4.78, 5) is 0. The average Bonchev–Trinajstić information content (AvgIpc) is 2.40. The highest BCUT2D eigenvalue weighted by Gasteiger charge is 2.24. The molecule has 17 heavy (non-hydrogen) atoms. The molecule has 0 saturated carbocycles. The Hall–Kier alpha value is -0.890. The molecule has 1 unspecified atom stereocenters. The van der Waals surface area contributed by atoms with Crippen LogP contribution in [0, 0.1) is 5.92 Å². The van der Waals surface area contributed by atoms with E-state index in [9.17, 15) is 4.39 Å². The van der Waals surface area contributed by atoms with Crippen molar-refractivity contribution in [3.05, 3.63) is 35.4 Å². The molecule has 1 atom stereocenters. The van der Waals surface area contributed by atoms with Crippen LogP contribution in [0.4, 0.5) is 4.39 Å². The quantitative estimate of drug-likeness (QED) is 0.840.